The summed E-state index contributed by atoms with van der Waals surface area (Å²) in [6.07, 6.45) is -0.926. The summed E-state index contributed by atoms with van der Waals surface area (Å²) in [5, 5.41) is 13.9. The Balaban J connectivity index is 2.06. The maximum atomic E-state index is 13.0. The molecule has 2 amide bonds. The number of amides is 2. The van der Waals surface area contributed by atoms with E-state index < -0.39 is 28.5 Å². The van der Waals surface area contributed by atoms with Crippen LogP contribution in [0.25, 0.3) is 0 Å². The number of nitro benzene ring substituents is 1. The van der Waals surface area contributed by atoms with E-state index in [2.05, 4.69) is 5.32 Å². The summed E-state index contributed by atoms with van der Waals surface area (Å²) in [6, 6.07) is 10.5. The Kier molecular flexibility index (Phi) is 4.77. The van der Waals surface area contributed by atoms with Crippen molar-refractivity contribution in [3.8, 4) is 5.75 Å². The SMILES string of the molecule is CNC(=O)[C@@H]1CN(C(=O)c2ccc(Cl)cc2[N+](=O)[O-])c2ccccc2O1. The van der Waals surface area contributed by atoms with Gasteiger partial charge in [-0.1, -0.05) is 23.7 Å². The number of hydrogen-bond donors (Lipinski definition) is 1. The van der Waals surface area contributed by atoms with Crippen LogP contribution < -0.4 is 15.0 Å². The predicted octanol–water partition coefficient (Wildman–Crippen LogP) is 2.40. The largest absolute Gasteiger partial charge is 0.477 e. The van der Waals surface area contributed by atoms with Crippen LogP contribution in [-0.4, -0.2) is 36.4 Å². The normalized spacial score (nSPS) is 15.6. The molecule has 1 N–H and O–H groups in total. The van der Waals surface area contributed by atoms with Gasteiger partial charge in [0.15, 0.2) is 6.10 Å². The molecule has 2 aromatic carbocycles. The molecule has 0 unspecified atom stereocenters. The first-order chi connectivity index (χ1) is 12.4. The number of ether oxygens (including phenoxy) is 1. The number of likely N-dealkylation sites (N-methyl/N-ethyl adjacent to an activating group) is 1. The number of hydrogen-bond acceptors (Lipinski definition) is 5. The average Bonchev–Trinajstić information content (AvgIpc) is 2.65. The number of carbonyl (C=O) groups is 2. The van der Waals surface area contributed by atoms with Crippen LogP contribution >= 0.6 is 11.6 Å². The Morgan fingerprint density at radius 2 is 2.04 bits per heavy atom. The average molecular weight is 376 g/mol. The molecule has 9 heteroatoms. The van der Waals surface area contributed by atoms with Crippen LogP contribution in [0, 0.1) is 10.1 Å². The quantitative estimate of drug-likeness (QED) is 0.655. The Morgan fingerprint density at radius 1 is 1.31 bits per heavy atom. The topological polar surface area (TPSA) is 102 Å². The molecule has 2 aromatic rings. The number of halogens is 1. The zero-order valence-electron chi connectivity index (χ0n) is 13.6. The minimum atomic E-state index is -0.926. The summed E-state index contributed by atoms with van der Waals surface area (Å²) in [5.74, 6) is -0.668. The number of para-hydroxylation sites is 2. The van der Waals surface area contributed by atoms with Gasteiger partial charge in [0.1, 0.15) is 11.3 Å². The Hall–Kier alpha value is -3.13. The molecule has 0 aromatic heterocycles. The van der Waals surface area contributed by atoms with Gasteiger partial charge in [0.05, 0.1) is 17.2 Å². The second-order valence-electron chi connectivity index (χ2n) is 5.52. The standard InChI is InChI=1S/C17H14ClN3O5/c1-19-16(22)15-9-20(12-4-2-3-5-14(12)26-15)17(23)11-7-6-10(18)8-13(11)21(24)25/h2-8,15H,9H2,1H3,(H,19,22)/t15-/m0/s1. The van der Waals surface area contributed by atoms with Crippen molar-refractivity contribution in [1.82, 2.24) is 5.32 Å². The fourth-order valence-electron chi connectivity index (χ4n) is 2.71. The van der Waals surface area contributed by atoms with E-state index in [-0.39, 0.29) is 17.1 Å². The van der Waals surface area contributed by atoms with Gasteiger partial charge in [0.2, 0.25) is 0 Å². The van der Waals surface area contributed by atoms with Gasteiger partial charge >= 0.3 is 0 Å². The minimum Gasteiger partial charge on any atom is -0.477 e. The molecule has 3 rings (SSSR count). The molecule has 0 radical (unpaired) electrons. The van der Waals surface area contributed by atoms with Crippen LogP contribution in [0.15, 0.2) is 42.5 Å². The number of nitro groups is 1. The zero-order valence-corrected chi connectivity index (χ0v) is 14.4. The molecule has 0 saturated heterocycles. The van der Waals surface area contributed by atoms with Crippen molar-refractivity contribution in [2.24, 2.45) is 0 Å². The lowest BCUT2D eigenvalue weighted by atomic mass is 10.1. The molecule has 1 aliphatic rings. The summed E-state index contributed by atoms with van der Waals surface area (Å²) in [5.41, 5.74) is -0.0865. The highest BCUT2D eigenvalue weighted by atomic mass is 35.5. The maximum Gasteiger partial charge on any atom is 0.283 e. The fraction of sp³-hybridized carbons (Fsp3) is 0.176. The molecule has 1 atom stereocenters. The summed E-state index contributed by atoms with van der Waals surface area (Å²) in [4.78, 5) is 37.0. The maximum absolute atomic E-state index is 13.0. The number of fused-ring (bicyclic) bond motifs is 1. The van der Waals surface area contributed by atoms with E-state index in [9.17, 15) is 19.7 Å². The summed E-state index contributed by atoms with van der Waals surface area (Å²) in [6.45, 7) is -0.0741. The number of benzene rings is 2. The van der Waals surface area contributed by atoms with E-state index in [0.29, 0.717) is 11.4 Å². The lowest BCUT2D eigenvalue weighted by Gasteiger charge is -2.33. The van der Waals surface area contributed by atoms with Crippen LogP contribution in [0.3, 0.4) is 0 Å². The van der Waals surface area contributed by atoms with Crippen molar-refractivity contribution in [2.45, 2.75) is 6.10 Å². The number of anilines is 1. The van der Waals surface area contributed by atoms with Gasteiger partial charge in [-0.2, -0.15) is 0 Å². The van der Waals surface area contributed by atoms with Crippen LogP contribution in [-0.2, 0) is 4.79 Å². The Morgan fingerprint density at radius 3 is 2.73 bits per heavy atom. The molecule has 0 aliphatic carbocycles. The summed E-state index contributed by atoms with van der Waals surface area (Å²) >= 11 is 5.81. The first kappa shape index (κ1) is 17.7. The molecule has 0 bridgehead atoms. The van der Waals surface area contributed by atoms with Crippen molar-refractivity contribution in [2.75, 3.05) is 18.5 Å². The fourth-order valence-corrected chi connectivity index (χ4v) is 2.87. The first-order valence-corrected chi connectivity index (χ1v) is 8.03. The number of nitrogens with zero attached hydrogens (tertiary/aromatic N) is 2. The molecule has 8 nitrogen and oxygen atoms in total. The van der Waals surface area contributed by atoms with Crippen LogP contribution in [0.2, 0.25) is 5.02 Å². The highest BCUT2D eigenvalue weighted by molar-refractivity contribution is 6.31. The van der Waals surface area contributed by atoms with E-state index in [1.807, 2.05) is 0 Å². The second-order valence-corrected chi connectivity index (χ2v) is 5.96. The predicted molar refractivity (Wildman–Crippen MR) is 94.7 cm³/mol. The summed E-state index contributed by atoms with van der Waals surface area (Å²) < 4.78 is 5.64. The highest BCUT2D eigenvalue weighted by Crippen LogP contribution is 2.35. The third-order valence-corrected chi connectivity index (χ3v) is 4.18. The molecule has 0 saturated carbocycles. The van der Waals surface area contributed by atoms with Gasteiger partial charge in [0.25, 0.3) is 17.5 Å². The van der Waals surface area contributed by atoms with Crippen molar-refractivity contribution < 1.29 is 19.2 Å². The number of nitrogens with one attached hydrogen (secondary N) is 1. The molecule has 26 heavy (non-hydrogen) atoms. The Labute approximate surface area is 153 Å². The zero-order chi connectivity index (χ0) is 18.8. The van der Waals surface area contributed by atoms with Crippen molar-refractivity contribution in [1.29, 1.82) is 0 Å². The van der Waals surface area contributed by atoms with E-state index >= 15 is 0 Å². The first-order valence-electron chi connectivity index (χ1n) is 7.65. The van der Waals surface area contributed by atoms with Gasteiger partial charge in [-0.3, -0.25) is 19.7 Å². The van der Waals surface area contributed by atoms with E-state index in [4.69, 9.17) is 16.3 Å². The van der Waals surface area contributed by atoms with E-state index in [1.54, 1.807) is 24.3 Å². The monoisotopic (exact) mass is 375 g/mol. The molecule has 1 aliphatic heterocycles. The summed E-state index contributed by atoms with van der Waals surface area (Å²) in [7, 11) is 1.46. The van der Waals surface area contributed by atoms with Gasteiger partial charge in [-0.05, 0) is 24.3 Å². The Bertz CT molecular complexity index is 902. The lowest BCUT2D eigenvalue weighted by molar-refractivity contribution is -0.385. The number of carbonyl (C=O) groups excluding carboxylic acids is 2. The second kappa shape index (κ2) is 7.01. The van der Waals surface area contributed by atoms with E-state index in [0.717, 1.165) is 6.07 Å². The smallest absolute Gasteiger partial charge is 0.283 e. The molecule has 0 spiro atoms. The molecule has 1 heterocycles. The molecular weight excluding hydrogens is 362 g/mol. The van der Waals surface area contributed by atoms with Gasteiger partial charge in [-0.15, -0.1) is 0 Å². The third-order valence-electron chi connectivity index (χ3n) is 3.94. The molecule has 0 fully saturated rings. The van der Waals surface area contributed by atoms with Crippen LogP contribution in [0.4, 0.5) is 11.4 Å². The van der Waals surface area contributed by atoms with Crippen molar-refractivity contribution >= 4 is 34.8 Å². The van der Waals surface area contributed by atoms with Crippen molar-refractivity contribution in [3.63, 3.8) is 0 Å². The van der Waals surface area contributed by atoms with Crippen LogP contribution in [0.1, 0.15) is 10.4 Å². The highest BCUT2D eigenvalue weighted by Gasteiger charge is 2.35. The van der Waals surface area contributed by atoms with Gasteiger partial charge in [-0.25, -0.2) is 0 Å². The van der Waals surface area contributed by atoms with Gasteiger partial charge < -0.3 is 15.0 Å². The number of rotatable bonds is 3. The minimum absolute atomic E-state index is 0.0741. The van der Waals surface area contributed by atoms with Crippen LogP contribution in [0.5, 0.6) is 5.75 Å². The van der Waals surface area contributed by atoms with E-state index in [1.165, 1.54) is 24.1 Å². The lowest BCUT2D eigenvalue weighted by Crippen LogP contribution is -2.50. The van der Waals surface area contributed by atoms with Gasteiger partial charge in [0, 0.05) is 18.1 Å². The molecule has 134 valence electrons. The third kappa shape index (κ3) is 3.18. The molecular formula is C17H14ClN3O5. The van der Waals surface area contributed by atoms with Crippen molar-refractivity contribution in [3.05, 3.63) is 63.2 Å².